The lowest BCUT2D eigenvalue weighted by Gasteiger charge is -2.08. The second-order valence-electron chi connectivity index (χ2n) is 4.15. The fraction of sp³-hybridized carbons (Fsp3) is 0.154. The summed E-state index contributed by atoms with van der Waals surface area (Å²) in [6.07, 6.45) is 0. The van der Waals surface area contributed by atoms with Crippen LogP contribution in [0.4, 0.5) is 4.39 Å². The van der Waals surface area contributed by atoms with E-state index in [0.29, 0.717) is 11.3 Å². The minimum atomic E-state index is -0.483. The third-order valence-electron chi connectivity index (χ3n) is 2.56. The van der Waals surface area contributed by atoms with Gasteiger partial charge >= 0.3 is 6.01 Å². The van der Waals surface area contributed by atoms with E-state index in [-0.39, 0.29) is 23.3 Å². The van der Waals surface area contributed by atoms with E-state index in [1.54, 1.807) is 26.0 Å². The number of rotatable bonds is 3. The third-order valence-corrected chi connectivity index (χ3v) is 2.56. The van der Waals surface area contributed by atoms with Crippen molar-refractivity contribution in [2.75, 3.05) is 0 Å². The molecule has 0 radical (unpaired) electrons. The predicted molar refractivity (Wildman–Crippen MR) is 70.5 cm³/mol. The van der Waals surface area contributed by atoms with Crippen molar-refractivity contribution >= 4 is 5.84 Å². The van der Waals surface area contributed by atoms with Crippen LogP contribution in [-0.2, 0) is 0 Å². The predicted octanol–water partition coefficient (Wildman–Crippen LogP) is 2.12. The Kier molecular flexibility index (Phi) is 3.79. The van der Waals surface area contributed by atoms with Gasteiger partial charge in [0.1, 0.15) is 5.69 Å². The molecule has 1 aromatic heterocycles. The van der Waals surface area contributed by atoms with Crippen LogP contribution in [0.1, 0.15) is 17.0 Å². The molecule has 2 aromatic rings. The number of ether oxygens (including phenoxy) is 1. The van der Waals surface area contributed by atoms with Gasteiger partial charge in [-0.15, -0.1) is 0 Å². The van der Waals surface area contributed by atoms with Gasteiger partial charge in [-0.05, 0) is 31.5 Å². The van der Waals surface area contributed by atoms with Crippen LogP contribution < -0.4 is 10.5 Å². The summed E-state index contributed by atoms with van der Waals surface area (Å²) in [6, 6.07) is 6.21. The van der Waals surface area contributed by atoms with Crippen LogP contribution in [0.3, 0.4) is 0 Å². The van der Waals surface area contributed by atoms with E-state index < -0.39 is 5.82 Å². The number of oxime groups is 1. The highest BCUT2D eigenvalue weighted by Crippen LogP contribution is 2.24. The van der Waals surface area contributed by atoms with Crippen molar-refractivity contribution in [2.45, 2.75) is 13.8 Å². The molecule has 0 aliphatic carbocycles. The molecule has 2 rings (SSSR count). The van der Waals surface area contributed by atoms with Crippen molar-refractivity contribution in [2.24, 2.45) is 10.9 Å². The Bertz CT molecular complexity index is 673. The Labute approximate surface area is 114 Å². The highest BCUT2D eigenvalue weighted by Gasteiger charge is 2.11. The average Bonchev–Trinajstić information content (AvgIpc) is 2.42. The standard InChI is InChI=1S/C13H13FN4O2/c1-7-4-3-5-10(11(7)14)20-13-16-8(2)6-9(17-13)12(15)18-19/h3-6,19H,1-2H3,(H2,15,18). The van der Waals surface area contributed by atoms with Crippen molar-refractivity contribution in [3.8, 4) is 11.8 Å². The van der Waals surface area contributed by atoms with E-state index >= 15 is 0 Å². The number of amidine groups is 1. The van der Waals surface area contributed by atoms with E-state index in [2.05, 4.69) is 15.1 Å². The van der Waals surface area contributed by atoms with Crippen LogP contribution in [0.25, 0.3) is 0 Å². The first-order valence-electron chi connectivity index (χ1n) is 5.78. The summed E-state index contributed by atoms with van der Waals surface area (Å²) in [5.74, 6) is -0.644. The largest absolute Gasteiger partial charge is 0.421 e. The lowest BCUT2D eigenvalue weighted by Crippen LogP contribution is -2.16. The molecule has 0 aliphatic heterocycles. The fourth-order valence-electron chi connectivity index (χ4n) is 1.57. The molecule has 0 fully saturated rings. The maximum atomic E-state index is 13.8. The monoisotopic (exact) mass is 276 g/mol. The van der Waals surface area contributed by atoms with Crippen LogP contribution in [0.5, 0.6) is 11.8 Å². The van der Waals surface area contributed by atoms with Crippen molar-refractivity contribution in [3.05, 3.63) is 47.0 Å². The Morgan fingerprint density at radius 1 is 1.35 bits per heavy atom. The summed E-state index contributed by atoms with van der Waals surface area (Å²) in [6.45, 7) is 3.32. The van der Waals surface area contributed by atoms with Crippen LogP contribution in [-0.4, -0.2) is 21.0 Å². The topological polar surface area (TPSA) is 93.6 Å². The molecule has 1 aromatic carbocycles. The average molecular weight is 276 g/mol. The van der Waals surface area contributed by atoms with Crippen molar-refractivity contribution < 1.29 is 14.3 Å². The number of halogens is 1. The fourth-order valence-corrected chi connectivity index (χ4v) is 1.57. The number of nitrogens with two attached hydrogens (primary N) is 1. The maximum Gasteiger partial charge on any atom is 0.322 e. The third kappa shape index (κ3) is 2.82. The summed E-state index contributed by atoms with van der Waals surface area (Å²) in [5, 5.41) is 11.5. The first-order chi connectivity index (χ1) is 9.51. The summed E-state index contributed by atoms with van der Waals surface area (Å²) >= 11 is 0. The van der Waals surface area contributed by atoms with Crippen LogP contribution >= 0.6 is 0 Å². The molecule has 104 valence electrons. The molecule has 1 heterocycles. The summed E-state index contributed by atoms with van der Waals surface area (Å²) in [4.78, 5) is 7.98. The first-order valence-corrected chi connectivity index (χ1v) is 5.78. The number of hydrogen-bond acceptors (Lipinski definition) is 5. The van der Waals surface area contributed by atoms with Gasteiger partial charge in [-0.2, -0.15) is 4.98 Å². The van der Waals surface area contributed by atoms with E-state index in [4.69, 9.17) is 15.7 Å². The maximum absolute atomic E-state index is 13.8. The van der Waals surface area contributed by atoms with Gasteiger partial charge in [0.25, 0.3) is 0 Å². The summed E-state index contributed by atoms with van der Waals surface area (Å²) < 4.78 is 19.2. The Morgan fingerprint density at radius 3 is 2.80 bits per heavy atom. The van der Waals surface area contributed by atoms with Gasteiger partial charge in [0.2, 0.25) is 0 Å². The summed E-state index contributed by atoms with van der Waals surface area (Å²) in [7, 11) is 0. The number of hydrogen-bond donors (Lipinski definition) is 2. The zero-order valence-electron chi connectivity index (χ0n) is 11.0. The van der Waals surface area contributed by atoms with Gasteiger partial charge in [0.15, 0.2) is 17.4 Å². The van der Waals surface area contributed by atoms with Crippen LogP contribution in [0, 0.1) is 19.7 Å². The molecule has 0 atom stereocenters. The van der Waals surface area contributed by atoms with E-state index in [0.717, 1.165) is 0 Å². The second kappa shape index (κ2) is 5.52. The smallest absolute Gasteiger partial charge is 0.322 e. The molecule has 0 bridgehead atoms. The molecular weight excluding hydrogens is 263 g/mol. The molecule has 6 nitrogen and oxygen atoms in total. The van der Waals surface area contributed by atoms with Crippen LogP contribution in [0.15, 0.2) is 29.4 Å². The van der Waals surface area contributed by atoms with Crippen molar-refractivity contribution in [1.82, 2.24) is 9.97 Å². The van der Waals surface area contributed by atoms with Gasteiger partial charge in [0.05, 0.1) is 0 Å². The molecule has 0 unspecified atom stereocenters. The molecule has 0 aliphatic rings. The summed E-state index contributed by atoms with van der Waals surface area (Å²) in [5.41, 5.74) is 6.65. The van der Waals surface area contributed by atoms with Crippen molar-refractivity contribution in [3.63, 3.8) is 0 Å². The highest BCUT2D eigenvalue weighted by molar-refractivity contribution is 5.95. The lowest BCUT2D eigenvalue weighted by atomic mass is 10.2. The zero-order chi connectivity index (χ0) is 14.7. The van der Waals surface area contributed by atoms with Gasteiger partial charge in [0, 0.05) is 5.69 Å². The first kappa shape index (κ1) is 13.7. The normalized spacial score (nSPS) is 11.4. The SMILES string of the molecule is Cc1cc(/C(N)=N/O)nc(Oc2cccc(C)c2F)n1. The molecule has 7 heteroatoms. The number of benzene rings is 1. The van der Waals surface area contributed by atoms with Gasteiger partial charge in [-0.25, -0.2) is 9.37 Å². The minimum Gasteiger partial charge on any atom is -0.421 e. The number of nitrogens with zero attached hydrogens (tertiary/aromatic N) is 3. The quantitative estimate of drug-likeness (QED) is 0.387. The molecule has 0 amide bonds. The number of aromatic nitrogens is 2. The molecular formula is C13H13FN4O2. The van der Waals surface area contributed by atoms with Crippen molar-refractivity contribution in [1.29, 1.82) is 0 Å². The molecule has 0 saturated carbocycles. The highest BCUT2D eigenvalue weighted by atomic mass is 19.1. The van der Waals surface area contributed by atoms with Crippen LogP contribution in [0.2, 0.25) is 0 Å². The van der Waals surface area contributed by atoms with Gasteiger partial charge in [-0.1, -0.05) is 17.3 Å². The lowest BCUT2D eigenvalue weighted by molar-refractivity contribution is 0.318. The van der Waals surface area contributed by atoms with Gasteiger partial charge < -0.3 is 15.7 Å². The zero-order valence-corrected chi connectivity index (χ0v) is 11.0. The van der Waals surface area contributed by atoms with E-state index in [1.807, 2.05) is 0 Å². The second-order valence-corrected chi connectivity index (χ2v) is 4.15. The molecule has 0 spiro atoms. The minimum absolute atomic E-state index is 0.0149. The molecule has 20 heavy (non-hydrogen) atoms. The Balaban J connectivity index is 2.39. The molecule has 3 N–H and O–H groups in total. The van der Waals surface area contributed by atoms with E-state index in [9.17, 15) is 4.39 Å². The van der Waals surface area contributed by atoms with Gasteiger partial charge in [-0.3, -0.25) is 0 Å². The number of aryl methyl sites for hydroxylation is 2. The van der Waals surface area contributed by atoms with E-state index in [1.165, 1.54) is 12.1 Å². The Morgan fingerprint density at radius 2 is 2.10 bits per heavy atom. The molecule has 0 saturated heterocycles. The Hall–Kier alpha value is -2.70.